The van der Waals surface area contributed by atoms with E-state index in [2.05, 4.69) is 18.2 Å². The summed E-state index contributed by atoms with van der Waals surface area (Å²) in [4.78, 5) is 0. The monoisotopic (exact) mass is 261 g/mol. The molecule has 0 amide bonds. The summed E-state index contributed by atoms with van der Waals surface area (Å²) in [5.41, 5.74) is 8.95. The molecule has 1 heterocycles. The van der Waals surface area contributed by atoms with E-state index in [1.54, 1.807) is 0 Å². The van der Waals surface area contributed by atoms with Gasteiger partial charge in [-0.2, -0.15) is 0 Å². The van der Waals surface area contributed by atoms with Crippen LogP contribution in [0.3, 0.4) is 0 Å². The van der Waals surface area contributed by atoms with Gasteiger partial charge in [0, 0.05) is 6.04 Å². The second-order valence-electron chi connectivity index (χ2n) is 5.91. The number of nitrogens with two attached hydrogens (primary N) is 1. The minimum atomic E-state index is -0.111. The van der Waals surface area contributed by atoms with Gasteiger partial charge in [-0.15, -0.1) is 0 Å². The molecular formula is C16H23NO2. The molecule has 0 bridgehead atoms. The minimum Gasteiger partial charge on any atom is -0.493 e. The van der Waals surface area contributed by atoms with Gasteiger partial charge in [0.25, 0.3) is 0 Å². The third-order valence-corrected chi connectivity index (χ3v) is 4.57. The first kappa shape index (κ1) is 12.9. The van der Waals surface area contributed by atoms with E-state index in [0.717, 1.165) is 50.9 Å². The van der Waals surface area contributed by atoms with Gasteiger partial charge in [-0.05, 0) is 61.6 Å². The summed E-state index contributed by atoms with van der Waals surface area (Å²) in [5, 5.41) is 9.58. The minimum absolute atomic E-state index is 0.0970. The van der Waals surface area contributed by atoms with Gasteiger partial charge in [-0.1, -0.05) is 12.1 Å². The van der Waals surface area contributed by atoms with Crippen molar-refractivity contribution in [1.82, 2.24) is 0 Å². The molecule has 0 radical (unpaired) electrons. The number of hydrogen-bond donors (Lipinski definition) is 2. The molecule has 1 unspecified atom stereocenters. The molecule has 1 saturated carbocycles. The molecule has 0 saturated heterocycles. The Bertz CT molecular complexity index is 438. The van der Waals surface area contributed by atoms with Gasteiger partial charge < -0.3 is 15.6 Å². The van der Waals surface area contributed by atoms with Crippen LogP contribution in [-0.4, -0.2) is 17.8 Å². The lowest BCUT2D eigenvalue weighted by atomic mass is 9.80. The fourth-order valence-corrected chi connectivity index (χ4v) is 3.32. The third-order valence-electron chi connectivity index (χ3n) is 4.57. The maximum absolute atomic E-state index is 9.58. The summed E-state index contributed by atoms with van der Waals surface area (Å²) >= 11 is 0. The average Bonchev–Trinajstić information content (AvgIpc) is 2.47. The number of fused-ring (bicyclic) bond motifs is 1. The van der Waals surface area contributed by atoms with Crippen LogP contribution in [0.15, 0.2) is 18.2 Å². The standard InChI is InChI=1S/C16H23NO2/c17-16(11-3-6-14(18)7-4-11)13-5-8-15-12(10-13)2-1-9-19-15/h5,8,10-11,14,16,18H,1-4,6-7,9,17H2. The van der Waals surface area contributed by atoms with E-state index in [1.165, 1.54) is 11.1 Å². The fraction of sp³-hybridized carbons (Fsp3) is 0.625. The van der Waals surface area contributed by atoms with Gasteiger partial charge in [0.15, 0.2) is 0 Å². The molecule has 1 fully saturated rings. The lowest BCUT2D eigenvalue weighted by molar-refractivity contribution is 0.102. The number of aliphatic hydroxyl groups excluding tert-OH is 1. The van der Waals surface area contributed by atoms with E-state index >= 15 is 0 Å². The van der Waals surface area contributed by atoms with Crippen molar-refractivity contribution >= 4 is 0 Å². The van der Waals surface area contributed by atoms with Crippen molar-refractivity contribution in [2.75, 3.05) is 6.61 Å². The Labute approximate surface area is 114 Å². The van der Waals surface area contributed by atoms with Gasteiger partial charge in [0.1, 0.15) is 5.75 Å². The summed E-state index contributed by atoms with van der Waals surface area (Å²) in [5.74, 6) is 1.53. The zero-order valence-electron chi connectivity index (χ0n) is 11.3. The molecule has 1 atom stereocenters. The van der Waals surface area contributed by atoms with E-state index in [1.807, 2.05) is 0 Å². The van der Waals surface area contributed by atoms with Crippen molar-refractivity contribution in [2.45, 2.75) is 50.7 Å². The van der Waals surface area contributed by atoms with Crippen molar-refractivity contribution < 1.29 is 9.84 Å². The first-order valence-electron chi connectivity index (χ1n) is 7.43. The van der Waals surface area contributed by atoms with E-state index < -0.39 is 0 Å². The topological polar surface area (TPSA) is 55.5 Å². The first-order chi connectivity index (χ1) is 9.24. The van der Waals surface area contributed by atoms with Crippen LogP contribution in [-0.2, 0) is 6.42 Å². The normalized spacial score (nSPS) is 28.3. The number of aliphatic hydroxyl groups is 1. The van der Waals surface area contributed by atoms with Gasteiger partial charge in [-0.25, -0.2) is 0 Å². The van der Waals surface area contributed by atoms with E-state index in [0.29, 0.717) is 5.92 Å². The number of aryl methyl sites for hydroxylation is 1. The van der Waals surface area contributed by atoms with Gasteiger partial charge >= 0.3 is 0 Å². The molecule has 0 aromatic heterocycles. The first-order valence-corrected chi connectivity index (χ1v) is 7.43. The number of benzene rings is 1. The van der Waals surface area contributed by atoms with Crippen molar-refractivity contribution in [1.29, 1.82) is 0 Å². The molecular weight excluding hydrogens is 238 g/mol. The third kappa shape index (κ3) is 2.77. The molecule has 1 aromatic carbocycles. The van der Waals surface area contributed by atoms with E-state index in [4.69, 9.17) is 10.5 Å². The average molecular weight is 261 g/mol. The van der Waals surface area contributed by atoms with Crippen LogP contribution in [0.5, 0.6) is 5.75 Å². The molecule has 2 aliphatic rings. The van der Waals surface area contributed by atoms with Crippen LogP contribution in [0.4, 0.5) is 0 Å². The molecule has 3 nitrogen and oxygen atoms in total. The molecule has 1 aliphatic carbocycles. The highest BCUT2D eigenvalue weighted by Gasteiger charge is 2.26. The summed E-state index contributed by atoms with van der Waals surface area (Å²) in [6.07, 6.45) is 5.95. The molecule has 1 aromatic rings. The maximum atomic E-state index is 9.58. The predicted molar refractivity (Wildman–Crippen MR) is 75.2 cm³/mol. The highest BCUT2D eigenvalue weighted by molar-refractivity contribution is 5.39. The Balaban J connectivity index is 1.74. The molecule has 3 N–H and O–H groups in total. The van der Waals surface area contributed by atoms with E-state index in [-0.39, 0.29) is 12.1 Å². The SMILES string of the molecule is NC(c1ccc2c(c1)CCCO2)C1CCC(O)CC1. The molecule has 3 rings (SSSR count). The largest absolute Gasteiger partial charge is 0.493 e. The Kier molecular flexibility index (Phi) is 3.76. The molecule has 0 spiro atoms. The van der Waals surface area contributed by atoms with Gasteiger partial charge in [-0.3, -0.25) is 0 Å². The highest BCUT2D eigenvalue weighted by Crippen LogP contribution is 2.35. The quantitative estimate of drug-likeness (QED) is 0.860. The van der Waals surface area contributed by atoms with Crippen molar-refractivity contribution in [3.05, 3.63) is 29.3 Å². The Morgan fingerprint density at radius 3 is 2.79 bits per heavy atom. The summed E-state index contributed by atoms with van der Waals surface area (Å²) < 4.78 is 5.64. The summed E-state index contributed by atoms with van der Waals surface area (Å²) in [6.45, 7) is 0.832. The molecule has 1 aliphatic heterocycles. The Hall–Kier alpha value is -1.06. The lowest BCUT2D eigenvalue weighted by Crippen LogP contribution is -2.27. The van der Waals surface area contributed by atoms with E-state index in [9.17, 15) is 5.11 Å². The van der Waals surface area contributed by atoms with Gasteiger partial charge in [0.05, 0.1) is 12.7 Å². The predicted octanol–water partition coefficient (Wildman–Crippen LogP) is 2.56. The zero-order valence-corrected chi connectivity index (χ0v) is 11.3. The molecule has 3 heteroatoms. The summed E-state index contributed by atoms with van der Waals surface area (Å²) in [7, 11) is 0. The zero-order chi connectivity index (χ0) is 13.2. The second-order valence-corrected chi connectivity index (χ2v) is 5.91. The lowest BCUT2D eigenvalue weighted by Gasteiger charge is -2.30. The Morgan fingerprint density at radius 2 is 2.00 bits per heavy atom. The smallest absolute Gasteiger partial charge is 0.122 e. The van der Waals surface area contributed by atoms with Crippen LogP contribution in [0.2, 0.25) is 0 Å². The fourth-order valence-electron chi connectivity index (χ4n) is 3.32. The van der Waals surface area contributed by atoms with Crippen LogP contribution in [0, 0.1) is 5.92 Å². The molecule has 19 heavy (non-hydrogen) atoms. The number of hydrogen-bond acceptors (Lipinski definition) is 3. The number of rotatable bonds is 2. The van der Waals surface area contributed by atoms with Crippen LogP contribution in [0.1, 0.15) is 49.3 Å². The van der Waals surface area contributed by atoms with Crippen molar-refractivity contribution in [2.24, 2.45) is 11.7 Å². The van der Waals surface area contributed by atoms with Crippen LogP contribution in [0.25, 0.3) is 0 Å². The van der Waals surface area contributed by atoms with Crippen molar-refractivity contribution in [3.63, 3.8) is 0 Å². The number of ether oxygens (including phenoxy) is 1. The Morgan fingerprint density at radius 1 is 1.21 bits per heavy atom. The maximum Gasteiger partial charge on any atom is 0.122 e. The summed E-state index contributed by atoms with van der Waals surface area (Å²) in [6, 6.07) is 6.51. The van der Waals surface area contributed by atoms with Gasteiger partial charge in [0.2, 0.25) is 0 Å². The van der Waals surface area contributed by atoms with Crippen LogP contribution >= 0.6 is 0 Å². The molecule has 104 valence electrons. The highest BCUT2D eigenvalue weighted by atomic mass is 16.5. The van der Waals surface area contributed by atoms with Crippen LogP contribution < -0.4 is 10.5 Å². The van der Waals surface area contributed by atoms with Crippen molar-refractivity contribution in [3.8, 4) is 5.75 Å². The second kappa shape index (κ2) is 5.51.